The van der Waals surface area contributed by atoms with Gasteiger partial charge in [-0.2, -0.15) is 9.36 Å². The Hall–Kier alpha value is -1.83. The average molecular weight is 267 g/mol. The summed E-state index contributed by atoms with van der Waals surface area (Å²) in [5.74, 6) is 0.556. The monoisotopic (exact) mass is 267 g/mol. The van der Waals surface area contributed by atoms with E-state index in [1.807, 2.05) is 20.8 Å². The Morgan fingerprint density at radius 3 is 2.61 bits per heavy atom. The normalized spacial score (nSPS) is 11.6. The van der Waals surface area contributed by atoms with Gasteiger partial charge >= 0.3 is 5.97 Å². The zero-order chi connectivity index (χ0) is 13.3. The number of ether oxygens (including phenoxy) is 1. The Morgan fingerprint density at radius 2 is 2.06 bits per heavy atom. The number of methoxy groups -OCH3 is 1. The number of esters is 1. The summed E-state index contributed by atoms with van der Waals surface area (Å²) < 4.78 is 8.79. The Morgan fingerprint density at radius 1 is 1.33 bits per heavy atom. The molecular weight excluding hydrogens is 254 g/mol. The average Bonchev–Trinajstić information content (AvgIpc) is 2.94. The zero-order valence-corrected chi connectivity index (χ0v) is 11.3. The minimum Gasteiger partial charge on any atom is -0.463 e. The first-order chi connectivity index (χ1) is 8.41. The third-order valence-electron chi connectivity index (χ3n) is 2.15. The number of hydrogen-bond acceptors (Lipinski definition) is 7. The van der Waals surface area contributed by atoms with E-state index in [1.165, 1.54) is 18.6 Å². The first-order valence-electron chi connectivity index (χ1n) is 5.27. The van der Waals surface area contributed by atoms with Crippen molar-refractivity contribution in [2.45, 2.75) is 26.2 Å². The van der Waals surface area contributed by atoms with E-state index >= 15 is 0 Å². The second-order valence-corrected chi connectivity index (χ2v) is 5.42. The highest BCUT2D eigenvalue weighted by Crippen LogP contribution is 2.24. The van der Waals surface area contributed by atoms with Gasteiger partial charge in [-0.15, -0.1) is 5.10 Å². The molecule has 0 fully saturated rings. The molecule has 2 heterocycles. The summed E-state index contributed by atoms with van der Waals surface area (Å²) in [6.45, 7) is 6.08. The van der Waals surface area contributed by atoms with Crippen LogP contribution in [0.25, 0.3) is 10.8 Å². The molecule has 0 bridgehead atoms. The van der Waals surface area contributed by atoms with Crippen molar-refractivity contribution in [1.29, 1.82) is 0 Å². The van der Waals surface area contributed by atoms with E-state index in [0.717, 1.165) is 5.82 Å². The summed E-state index contributed by atoms with van der Waals surface area (Å²) in [6, 6.07) is 0. The van der Waals surface area contributed by atoms with Crippen LogP contribution in [0.2, 0.25) is 0 Å². The van der Waals surface area contributed by atoms with Gasteiger partial charge in [0, 0.05) is 5.41 Å². The molecule has 0 atom stereocenters. The number of aromatic nitrogens is 5. The highest BCUT2D eigenvalue weighted by Gasteiger charge is 2.22. The predicted molar refractivity (Wildman–Crippen MR) is 65.3 cm³/mol. The number of aromatic amines is 1. The third kappa shape index (κ3) is 2.37. The fraction of sp³-hybridized carbons (Fsp3) is 0.500. The maximum absolute atomic E-state index is 11.2. The summed E-state index contributed by atoms with van der Waals surface area (Å²) in [7, 11) is 1.28. The SMILES string of the molecule is COC(=O)c1n[nH]c(-c2nc(C(C)(C)C)ns2)n1. The molecule has 0 amide bonds. The molecule has 0 unspecified atom stereocenters. The summed E-state index contributed by atoms with van der Waals surface area (Å²) in [6.07, 6.45) is 0. The van der Waals surface area contributed by atoms with E-state index in [2.05, 4.69) is 29.3 Å². The zero-order valence-electron chi connectivity index (χ0n) is 10.5. The van der Waals surface area contributed by atoms with E-state index < -0.39 is 5.97 Å². The number of rotatable bonds is 2. The largest absolute Gasteiger partial charge is 0.463 e. The Kier molecular flexibility index (Phi) is 3.12. The topological polar surface area (TPSA) is 93.7 Å². The lowest BCUT2D eigenvalue weighted by Crippen LogP contribution is -2.13. The molecule has 0 saturated carbocycles. The van der Waals surface area contributed by atoms with Crippen LogP contribution in [0.4, 0.5) is 0 Å². The van der Waals surface area contributed by atoms with E-state index in [9.17, 15) is 4.79 Å². The molecular formula is C10H13N5O2S. The van der Waals surface area contributed by atoms with Crippen LogP contribution in [0.1, 0.15) is 37.2 Å². The Labute approximate surface area is 108 Å². The smallest absolute Gasteiger partial charge is 0.377 e. The summed E-state index contributed by atoms with van der Waals surface area (Å²) >= 11 is 1.22. The minimum absolute atomic E-state index is 0.0139. The molecule has 0 spiro atoms. The molecule has 0 aliphatic heterocycles. The van der Waals surface area contributed by atoms with Crippen molar-refractivity contribution in [3.63, 3.8) is 0 Å². The van der Waals surface area contributed by atoms with E-state index in [1.54, 1.807) is 0 Å². The molecule has 0 aromatic carbocycles. The van der Waals surface area contributed by atoms with Gasteiger partial charge in [0.2, 0.25) is 0 Å². The van der Waals surface area contributed by atoms with Crippen molar-refractivity contribution >= 4 is 17.5 Å². The molecule has 0 aliphatic carbocycles. The van der Waals surface area contributed by atoms with Gasteiger partial charge in [-0.25, -0.2) is 9.78 Å². The van der Waals surface area contributed by atoms with Crippen molar-refractivity contribution in [3.05, 3.63) is 11.6 Å². The molecule has 0 radical (unpaired) electrons. The molecule has 0 saturated heterocycles. The van der Waals surface area contributed by atoms with Crippen LogP contribution in [-0.4, -0.2) is 37.6 Å². The maximum Gasteiger partial charge on any atom is 0.377 e. The Bertz CT molecular complexity index is 569. The molecule has 0 aliphatic rings. The molecule has 7 nitrogen and oxygen atoms in total. The molecule has 1 N–H and O–H groups in total. The van der Waals surface area contributed by atoms with Crippen LogP contribution < -0.4 is 0 Å². The predicted octanol–water partition coefficient (Wildman–Crippen LogP) is 1.41. The highest BCUT2D eigenvalue weighted by molar-refractivity contribution is 7.09. The second kappa shape index (κ2) is 4.45. The lowest BCUT2D eigenvalue weighted by molar-refractivity contribution is 0.0587. The third-order valence-corrected chi connectivity index (χ3v) is 2.87. The quantitative estimate of drug-likeness (QED) is 0.827. The fourth-order valence-electron chi connectivity index (χ4n) is 1.16. The number of carbonyl (C=O) groups is 1. The van der Waals surface area contributed by atoms with Crippen LogP contribution in [0.5, 0.6) is 0 Å². The van der Waals surface area contributed by atoms with Gasteiger partial charge in [-0.05, 0) is 11.5 Å². The summed E-state index contributed by atoms with van der Waals surface area (Å²) in [4.78, 5) is 19.6. The highest BCUT2D eigenvalue weighted by atomic mass is 32.1. The van der Waals surface area contributed by atoms with Crippen LogP contribution in [0, 0.1) is 0 Å². The minimum atomic E-state index is -0.585. The maximum atomic E-state index is 11.2. The van der Waals surface area contributed by atoms with Crippen molar-refractivity contribution in [1.82, 2.24) is 24.5 Å². The fourth-order valence-corrected chi connectivity index (χ4v) is 1.96. The van der Waals surface area contributed by atoms with Crippen molar-refractivity contribution < 1.29 is 9.53 Å². The van der Waals surface area contributed by atoms with Gasteiger partial charge in [0.15, 0.2) is 10.8 Å². The first kappa shape index (κ1) is 12.6. The van der Waals surface area contributed by atoms with Crippen molar-refractivity contribution in [2.75, 3.05) is 7.11 Å². The number of carbonyl (C=O) groups excluding carboxylic acids is 1. The molecule has 96 valence electrons. The van der Waals surface area contributed by atoms with Gasteiger partial charge in [0.05, 0.1) is 7.11 Å². The van der Waals surface area contributed by atoms with Crippen LogP contribution in [-0.2, 0) is 10.2 Å². The molecule has 8 heteroatoms. The Balaban J connectivity index is 2.30. The van der Waals surface area contributed by atoms with Crippen LogP contribution in [0.15, 0.2) is 0 Å². The number of nitrogens with one attached hydrogen (secondary N) is 1. The van der Waals surface area contributed by atoms with E-state index in [4.69, 9.17) is 0 Å². The lowest BCUT2D eigenvalue weighted by Gasteiger charge is -2.11. The molecule has 2 rings (SSSR count). The van der Waals surface area contributed by atoms with Crippen LogP contribution in [0.3, 0.4) is 0 Å². The standard InChI is InChI=1S/C10H13N5O2S/c1-10(2,3)9-12-7(18-15-9)5-11-6(14-13-5)8(16)17-4/h1-4H3,(H,11,13,14). The van der Waals surface area contributed by atoms with Crippen molar-refractivity contribution in [2.24, 2.45) is 0 Å². The van der Waals surface area contributed by atoms with Crippen molar-refractivity contribution in [3.8, 4) is 10.8 Å². The van der Waals surface area contributed by atoms with E-state index in [-0.39, 0.29) is 11.2 Å². The lowest BCUT2D eigenvalue weighted by atomic mass is 9.96. The van der Waals surface area contributed by atoms with Gasteiger partial charge in [-0.3, -0.25) is 5.10 Å². The first-order valence-corrected chi connectivity index (χ1v) is 6.04. The summed E-state index contributed by atoms with van der Waals surface area (Å²) in [5, 5.41) is 7.01. The van der Waals surface area contributed by atoms with E-state index in [0.29, 0.717) is 10.8 Å². The molecule has 2 aromatic heterocycles. The number of nitrogens with zero attached hydrogens (tertiary/aromatic N) is 4. The molecule has 2 aromatic rings. The summed E-state index contributed by atoms with van der Waals surface area (Å²) in [5.41, 5.74) is -0.125. The second-order valence-electron chi connectivity index (χ2n) is 4.67. The number of H-pyrrole nitrogens is 1. The number of hydrogen-bond donors (Lipinski definition) is 1. The van der Waals surface area contributed by atoms with Gasteiger partial charge in [0.1, 0.15) is 5.82 Å². The van der Waals surface area contributed by atoms with Gasteiger partial charge < -0.3 is 4.74 Å². The molecule has 18 heavy (non-hydrogen) atoms. The van der Waals surface area contributed by atoms with Gasteiger partial charge in [-0.1, -0.05) is 20.8 Å². The van der Waals surface area contributed by atoms with Crippen LogP contribution >= 0.6 is 11.5 Å². The van der Waals surface area contributed by atoms with Gasteiger partial charge in [0.25, 0.3) is 5.82 Å².